The molecule has 2 rings (SSSR count). The molecule has 0 aromatic heterocycles. The Balaban J connectivity index is 2.20. The molecule has 0 amide bonds. The highest BCUT2D eigenvalue weighted by molar-refractivity contribution is 9.10. The molecular weight excluding hydrogens is 253 g/mol. The molecule has 1 aliphatic carbocycles. The molecule has 0 bridgehead atoms. The maximum atomic E-state index is 13.2. The fourth-order valence-electron chi connectivity index (χ4n) is 1.40. The zero-order chi connectivity index (χ0) is 10.3. The van der Waals surface area contributed by atoms with Crippen molar-refractivity contribution in [2.24, 2.45) is 0 Å². The molecule has 0 radical (unpaired) electrons. The van der Waals surface area contributed by atoms with Gasteiger partial charge in [0.25, 0.3) is 5.69 Å². The normalized spacial score (nSPS) is 30.0. The van der Waals surface area contributed by atoms with Crippen LogP contribution in [0.2, 0.25) is 0 Å². The van der Waals surface area contributed by atoms with E-state index in [4.69, 9.17) is 0 Å². The average molecular weight is 260 g/mol. The molecule has 0 aliphatic heterocycles. The second kappa shape index (κ2) is 3.02. The zero-order valence-corrected chi connectivity index (χ0v) is 8.70. The molecule has 1 aromatic carbocycles. The van der Waals surface area contributed by atoms with Crippen molar-refractivity contribution in [1.82, 2.24) is 0 Å². The minimum Gasteiger partial charge on any atom is -0.258 e. The molecule has 2 atom stereocenters. The highest BCUT2D eigenvalue weighted by atomic mass is 79.9. The first-order chi connectivity index (χ1) is 6.50. The summed E-state index contributed by atoms with van der Waals surface area (Å²) in [7, 11) is 0. The number of benzene rings is 1. The topological polar surface area (TPSA) is 43.1 Å². The van der Waals surface area contributed by atoms with Crippen molar-refractivity contribution in [2.75, 3.05) is 0 Å². The van der Waals surface area contributed by atoms with Gasteiger partial charge in [0.1, 0.15) is 0 Å². The van der Waals surface area contributed by atoms with Crippen molar-refractivity contribution >= 4 is 21.6 Å². The fraction of sp³-hybridized carbons (Fsp3) is 0.333. The average Bonchev–Trinajstić information content (AvgIpc) is 2.75. The number of alkyl halides is 2. The second-order valence-corrected chi connectivity index (χ2v) is 4.68. The van der Waals surface area contributed by atoms with Crippen LogP contribution < -0.4 is 0 Å². The van der Waals surface area contributed by atoms with Crippen molar-refractivity contribution in [3.8, 4) is 0 Å². The Morgan fingerprint density at radius 2 is 2.00 bits per heavy atom. The third kappa shape index (κ3) is 1.64. The zero-order valence-electron chi connectivity index (χ0n) is 7.11. The van der Waals surface area contributed by atoms with Crippen LogP contribution in [0.5, 0.6) is 0 Å². The summed E-state index contributed by atoms with van der Waals surface area (Å²) in [6, 6.07) is 6.00. The van der Waals surface area contributed by atoms with Crippen LogP contribution in [0.15, 0.2) is 24.3 Å². The molecule has 74 valence electrons. The lowest BCUT2D eigenvalue weighted by atomic mass is 10.1. The van der Waals surface area contributed by atoms with E-state index in [1.54, 1.807) is 12.1 Å². The van der Waals surface area contributed by atoms with E-state index in [9.17, 15) is 14.5 Å². The minimum absolute atomic E-state index is 0.0356. The Morgan fingerprint density at radius 1 is 1.50 bits per heavy atom. The van der Waals surface area contributed by atoms with E-state index in [2.05, 4.69) is 15.9 Å². The quantitative estimate of drug-likeness (QED) is 0.465. The van der Waals surface area contributed by atoms with E-state index < -0.39 is 9.50 Å². The summed E-state index contributed by atoms with van der Waals surface area (Å²) in [6.07, 6.45) is 0.435. The van der Waals surface area contributed by atoms with Crippen LogP contribution in [0.3, 0.4) is 0 Å². The van der Waals surface area contributed by atoms with Gasteiger partial charge in [-0.15, -0.1) is 0 Å². The summed E-state index contributed by atoms with van der Waals surface area (Å²) >= 11 is 2.94. The highest BCUT2D eigenvalue weighted by Gasteiger charge is 2.54. The Kier molecular flexibility index (Phi) is 2.06. The van der Waals surface area contributed by atoms with E-state index >= 15 is 0 Å². The smallest absolute Gasteiger partial charge is 0.258 e. The number of nitro groups is 1. The van der Waals surface area contributed by atoms with Crippen molar-refractivity contribution in [1.29, 1.82) is 0 Å². The van der Waals surface area contributed by atoms with Gasteiger partial charge in [-0.25, -0.2) is 4.39 Å². The molecule has 0 saturated heterocycles. The van der Waals surface area contributed by atoms with E-state index in [1.807, 2.05) is 0 Å². The predicted molar refractivity (Wildman–Crippen MR) is 53.2 cm³/mol. The lowest BCUT2D eigenvalue weighted by molar-refractivity contribution is -0.384. The molecule has 1 aliphatic rings. The maximum absolute atomic E-state index is 13.2. The molecular formula is C9H7BrFNO2. The molecule has 1 fully saturated rings. The van der Waals surface area contributed by atoms with Crippen LogP contribution in [0, 0.1) is 10.1 Å². The summed E-state index contributed by atoms with van der Waals surface area (Å²) in [5, 5.41) is 10.3. The molecule has 0 heterocycles. The van der Waals surface area contributed by atoms with Gasteiger partial charge < -0.3 is 0 Å². The van der Waals surface area contributed by atoms with Crippen molar-refractivity contribution < 1.29 is 9.31 Å². The van der Waals surface area contributed by atoms with Crippen LogP contribution in [0.1, 0.15) is 17.9 Å². The first-order valence-corrected chi connectivity index (χ1v) is 4.92. The van der Waals surface area contributed by atoms with Crippen LogP contribution in [0.4, 0.5) is 10.1 Å². The first-order valence-electron chi connectivity index (χ1n) is 4.13. The SMILES string of the molecule is O=[N+]([O-])c1ccc(C2CC2(F)Br)cc1. The summed E-state index contributed by atoms with van der Waals surface area (Å²) < 4.78 is 11.9. The lowest BCUT2D eigenvalue weighted by Crippen LogP contribution is -1.92. The molecule has 14 heavy (non-hydrogen) atoms. The van der Waals surface area contributed by atoms with Gasteiger partial charge in [-0.2, -0.15) is 0 Å². The molecule has 5 heteroatoms. The number of halogens is 2. The van der Waals surface area contributed by atoms with Crippen molar-refractivity contribution in [2.45, 2.75) is 16.9 Å². The van der Waals surface area contributed by atoms with E-state index in [0.717, 1.165) is 5.56 Å². The molecule has 0 spiro atoms. The van der Waals surface area contributed by atoms with Gasteiger partial charge in [-0.3, -0.25) is 10.1 Å². The van der Waals surface area contributed by atoms with Gasteiger partial charge >= 0.3 is 0 Å². The predicted octanol–water partition coefficient (Wildman–Crippen LogP) is 3.14. The maximum Gasteiger partial charge on any atom is 0.269 e. The Labute approximate surface area is 88.2 Å². The summed E-state index contributed by atoms with van der Waals surface area (Å²) in [5.41, 5.74) is 0.836. The first kappa shape index (κ1) is 9.58. The van der Waals surface area contributed by atoms with Crippen molar-refractivity contribution in [3.63, 3.8) is 0 Å². The Hall–Kier alpha value is -0.970. The van der Waals surface area contributed by atoms with Gasteiger partial charge in [-0.1, -0.05) is 12.1 Å². The van der Waals surface area contributed by atoms with Gasteiger partial charge in [0.2, 0.25) is 0 Å². The number of non-ortho nitro benzene ring substituents is 1. The fourth-order valence-corrected chi connectivity index (χ4v) is 1.99. The van der Waals surface area contributed by atoms with E-state index in [1.165, 1.54) is 12.1 Å². The molecule has 3 nitrogen and oxygen atoms in total. The largest absolute Gasteiger partial charge is 0.269 e. The molecule has 1 saturated carbocycles. The van der Waals surface area contributed by atoms with Crippen LogP contribution in [-0.4, -0.2) is 9.50 Å². The van der Waals surface area contributed by atoms with Crippen LogP contribution >= 0.6 is 15.9 Å². The van der Waals surface area contributed by atoms with Gasteiger partial charge in [0.05, 0.1) is 4.92 Å². The molecule has 2 unspecified atom stereocenters. The molecule has 0 N–H and O–H groups in total. The summed E-state index contributed by atoms with van der Waals surface area (Å²) in [4.78, 5) is 9.88. The lowest BCUT2D eigenvalue weighted by Gasteiger charge is -1.99. The number of hydrogen-bond donors (Lipinski definition) is 0. The molecule has 1 aromatic rings. The van der Waals surface area contributed by atoms with Crippen LogP contribution in [-0.2, 0) is 0 Å². The minimum atomic E-state index is -1.30. The number of nitro benzene ring substituents is 1. The third-order valence-electron chi connectivity index (χ3n) is 2.33. The number of hydrogen-bond acceptors (Lipinski definition) is 2. The van der Waals surface area contributed by atoms with Gasteiger partial charge in [-0.05, 0) is 21.5 Å². The van der Waals surface area contributed by atoms with Gasteiger partial charge in [0.15, 0.2) is 4.58 Å². The summed E-state index contributed by atoms with van der Waals surface area (Å²) in [5.74, 6) is -0.164. The Bertz CT molecular complexity index is 377. The number of rotatable bonds is 2. The van der Waals surface area contributed by atoms with Gasteiger partial charge in [0, 0.05) is 24.5 Å². The van der Waals surface area contributed by atoms with E-state index in [0.29, 0.717) is 6.42 Å². The third-order valence-corrected chi connectivity index (χ3v) is 3.21. The summed E-state index contributed by atoms with van der Waals surface area (Å²) in [6.45, 7) is 0. The van der Waals surface area contributed by atoms with Crippen molar-refractivity contribution in [3.05, 3.63) is 39.9 Å². The van der Waals surface area contributed by atoms with E-state index in [-0.39, 0.29) is 11.6 Å². The standard InChI is InChI=1S/C9H7BrFNO2/c10-9(11)5-8(9)6-1-3-7(4-2-6)12(13)14/h1-4,8H,5H2. The monoisotopic (exact) mass is 259 g/mol. The van der Waals surface area contributed by atoms with Crippen LogP contribution in [0.25, 0.3) is 0 Å². The highest BCUT2D eigenvalue weighted by Crippen LogP contribution is 2.58. The number of nitrogens with zero attached hydrogens (tertiary/aromatic N) is 1. The Morgan fingerprint density at radius 3 is 2.36 bits per heavy atom. The second-order valence-electron chi connectivity index (χ2n) is 3.37.